The first kappa shape index (κ1) is 13.2. The van der Waals surface area contributed by atoms with Crippen LogP contribution in [0.25, 0.3) is 0 Å². The number of carbonyl (C=O) groups excluding carboxylic acids is 1. The maximum Gasteiger partial charge on any atom is 0.323 e. The monoisotopic (exact) mass is 263 g/mol. The molecule has 0 unspecified atom stereocenters. The fourth-order valence-corrected chi connectivity index (χ4v) is 4.20. The van der Waals surface area contributed by atoms with Gasteiger partial charge in [0.05, 0.1) is 7.11 Å². The largest absolute Gasteiger partial charge is 0.468 e. The molecule has 3 aliphatic rings. The quantitative estimate of drug-likeness (QED) is 0.579. The van der Waals surface area contributed by atoms with E-state index < -0.39 is 0 Å². The van der Waals surface area contributed by atoms with Gasteiger partial charge in [-0.15, -0.1) is 0 Å². The maximum atomic E-state index is 12.0. The first-order valence-electron chi connectivity index (χ1n) is 7.67. The predicted octanol–water partition coefficient (Wildman–Crippen LogP) is 2.47. The van der Waals surface area contributed by atoms with Crippen molar-refractivity contribution >= 4 is 5.97 Å². The molecular formula is C16H25NO2. The van der Waals surface area contributed by atoms with Crippen molar-refractivity contribution in [2.75, 3.05) is 20.2 Å². The second-order valence-electron chi connectivity index (χ2n) is 6.70. The van der Waals surface area contributed by atoms with Crippen LogP contribution in [0.4, 0.5) is 0 Å². The van der Waals surface area contributed by atoms with Crippen LogP contribution in [0.15, 0.2) is 12.2 Å². The zero-order chi connectivity index (χ0) is 13.4. The smallest absolute Gasteiger partial charge is 0.323 e. The van der Waals surface area contributed by atoms with Crippen LogP contribution in [-0.2, 0) is 9.53 Å². The van der Waals surface area contributed by atoms with Crippen molar-refractivity contribution in [1.29, 1.82) is 0 Å². The molecule has 19 heavy (non-hydrogen) atoms. The van der Waals surface area contributed by atoms with Crippen molar-refractivity contribution < 1.29 is 9.53 Å². The van der Waals surface area contributed by atoms with Crippen molar-refractivity contribution in [2.24, 2.45) is 23.7 Å². The summed E-state index contributed by atoms with van der Waals surface area (Å²) < 4.78 is 5.00. The van der Waals surface area contributed by atoms with Crippen molar-refractivity contribution in [3.05, 3.63) is 12.2 Å². The third-order valence-electron chi connectivity index (χ3n) is 5.33. The van der Waals surface area contributed by atoms with Crippen LogP contribution in [0.5, 0.6) is 0 Å². The van der Waals surface area contributed by atoms with Crippen molar-refractivity contribution in [2.45, 2.75) is 38.6 Å². The molecule has 0 aromatic carbocycles. The van der Waals surface area contributed by atoms with Gasteiger partial charge >= 0.3 is 5.97 Å². The Morgan fingerprint density at radius 2 is 2.16 bits per heavy atom. The molecule has 2 bridgehead atoms. The lowest BCUT2D eigenvalue weighted by Gasteiger charge is -2.39. The Kier molecular flexibility index (Phi) is 3.66. The van der Waals surface area contributed by atoms with Crippen LogP contribution >= 0.6 is 0 Å². The third kappa shape index (κ3) is 2.58. The van der Waals surface area contributed by atoms with Gasteiger partial charge in [0.2, 0.25) is 0 Å². The van der Waals surface area contributed by atoms with E-state index in [0.29, 0.717) is 5.92 Å². The molecule has 0 amide bonds. The Balaban J connectivity index is 1.64. The number of carbonyl (C=O) groups is 1. The zero-order valence-corrected chi connectivity index (χ0v) is 12.0. The van der Waals surface area contributed by atoms with E-state index >= 15 is 0 Å². The molecule has 1 saturated carbocycles. The van der Waals surface area contributed by atoms with Gasteiger partial charge in [0.1, 0.15) is 6.04 Å². The molecule has 5 atom stereocenters. The third-order valence-corrected chi connectivity index (χ3v) is 5.33. The molecule has 106 valence electrons. The summed E-state index contributed by atoms with van der Waals surface area (Å²) >= 11 is 0. The van der Waals surface area contributed by atoms with Gasteiger partial charge in [0, 0.05) is 6.54 Å². The lowest BCUT2D eigenvalue weighted by molar-refractivity contribution is -0.149. The van der Waals surface area contributed by atoms with Gasteiger partial charge in [-0.2, -0.15) is 0 Å². The lowest BCUT2D eigenvalue weighted by Crippen LogP contribution is -2.49. The van der Waals surface area contributed by atoms with E-state index in [1.54, 1.807) is 0 Å². The number of methoxy groups -OCH3 is 1. The van der Waals surface area contributed by atoms with E-state index in [1.165, 1.54) is 26.4 Å². The minimum atomic E-state index is -0.0368. The molecular weight excluding hydrogens is 238 g/mol. The van der Waals surface area contributed by atoms with Gasteiger partial charge < -0.3 is 4.74 Å². The van der Waals surface area contributed by atoms with Crippen molar-refractivity contribution in [3.8, 4) is 0 Å². The fraction of sp³-hybridized carbons (Fsp3) is 0.812. The SMILES string of the molecule is COC(=O)[C@@H]1C[C@H](C)CCN1C[C@@H]1C[C@H]2C=C[C@H]1C2. The number of nitrogens with zero attached hydrogens (tertiary/aromatic N) is 1. The van der Waals surface area contributed by atoms with E-state index in [-0.39, 0.29) is 12.0 Å². The number of hydrogen-bond acceptors (Lipinski definition) is 3. The van der Waals surface area contributed by atoms with Crippen molar-refractivity contribution in [1.82, 2.24) is 4.90 Å². The summed E-state index contributed by atoms with van der Waals surface area (Å²) in [5, 5.41) is 0. The predicted molar refractivity (Wildman–Crippen MR) is 74.6 cm³/mol. The standard InChI is InChI=1S/C16H25NO2/c1-11-5-6-17(15(7-11)16(18)19-2)10-14-9-12-3-4-13(14)8-12/h3-4,11-15H,5-10H2,1-2H3/t11-,12+,13+,14+,15+/m1/s1. The number of ether oxygens (including phenoxy) is 1. The van der Waals surface area contributed by atoms with Crippen LogP contribution < -0.4 is 0 Å². The van der Waals surface area contributed by atoms with Gasteiger partial charge in [0.25, 0.3) is 0 Å². The molecule has 2 fully saturated rings. The Morgan fingerprint density at radius 1 is 1.32 bits per heavy atom. The second kappa shape index (κ2) is 5.28. The lowest BCUT2D eigenvalue weighted by atomic mass is 9.88. The molecule has 3 nitrogen and oxygen atoms in total. The topological polar surface area (TPSA) is 29.5 Å². The van der Waals surface area contributed by atoms with Gasteiger partial charge in [-0.25, -0.2) is 0 Å². The zero-order valence-electron chi connectivity index (χ0n) is 12.0. The van der Waals surface area contributed by atoms with Gasteiger partial charge in [0.15, 0.2) is 0 Å². The van der Waals surface area contributed by atoms with Crippen LogP contribution in [0.1, 0.15) is 32.6 Å². The summed E-state index contributed by atoms with van der Waals surface area (Å²) in [6.45, 7) is 4.38. The number of piperidine rings is 1. The van der Waals surface area contributed by atoms with Gasteiger partial charge in [-0.05, 0) is 55.9 Å². The summed E-state index contributed by atoms with van der Waals surface area (Å²) in [6.07, 6.45) is 9.63. The highest BCUT2D eigenvalue weighted by atomic mass is 16.5. The Labute approximate surface area is 116 Å². The Morgan fingerprint density at radius 3 is 2.79 bits per heavy atom. The number of hydrogen-bond donors (Lipinski definition) is 0. The first-order chi connectivity index (χ1) is 9.17. The molecule has 0 spiro atoms. The van der Waals surface area contributed by atoms with Crippen LogP contribution in [0.3, 0.4) is 0 Å². The number of esters is 1. The van der Waals surface area contributed by atoms with E-state index in [4.69, 9.17) is 4.74 Å². The number of rotatable bonds is 3. The average molecular weight is 263 g/mol. The molecule has 1 aliphatic heterocycles. The van der Waals surface area contributed by atoms with E-state index in [2.05, 4.69) is 24.0 Å². The minimum absolute atomic E-state index is 0.00291. The Bertz CT molecular complexity index is 379. The van der Waals surface area contributed by atoms with Gasteiger partial charge in [-0.3, -0.25) is 9.69 Å². The summed E-state index contributed by atoms with van der Waals surface area (Å²) in [7, 11) is 1.51. The van der Waals surface area contributed by atoms with Crippen molar-refractivity contribution in [3.63, 3.8) is 0 Å². The molecule has 2 aliphatic carbocycles. The van der Waals surface area contributed by atoms with Crippen LogP contribution in [0.2, 0.25) is 0 Å². The summed E-state index contributed by atoms with van der Waals surface area (Å²) in [5.41, 5.74) is 0. The van der Waals surface area contributed by atoms with Crippen LogP contribution in [0, 0.1) is 23.7 Å². The highest BCUT2D eigenvalue weighted by Crippen LogP contribution is 2.44. The molecule has 0 N–H and O–H groups in total. The summed E-state index contributed by atoms with van der Waals surface area (Å²) in [4.78, 5) is 14.4. The Hall–Kier alpha value is -0.830. The number of fused-ring (bicyclic) bond motifs is 2. The molecule has 0 aromatic rings. The fourth-order valence-electron chi connectivity index (χ4n) is 4.20. The molecule has 0 aromatic heterocycles. The molecule has 1 saturated heterocycles. The summed E-state index contributed by atoms with van der Waals surface area (Å²) in [5.74, 6) is 2.94. The first-order valence-corrected chi connectivity index (χ1v) is 7.67. The van der Waals surface area contributed by atoms with E-state index in [9.17, 15) is 4.79 Å². The van der Waals surface area contributed by atoms with E-state index in [1.807, 2.05) is 0 Å². The maximum absolute atomic E-state index is 12.0. The summed E-state index contributed by atoms with van der Waals surface area (Å²) in [6, 6.07) is -0.00291. The molecule has 3 rings (SSSR count). The average Bonchev–Trinajstić information content (AvgIpc) is 3.02. The number of likely N-dealkylation sites (tertiary alicyclic amines) is 1. The minimum Gasteiger partial charge on any atom is -0.468 e. The van der Waals surface area contributed by atoms with Crippen LogP contribution in [-0.4, -0.2) is 37.1 Å². The number of allylic oxidation sites excluding steroid dienone is 2. The molecule has 3 heteroatoms. The normalized spacial score (nSPS) is 41.7. The second-order valence-corrected chi connectivity index (χ2v) is 6.70. The molecule has 0 radical (unpaired) electrons. The highest BCUT2D eigenvalue weighted by Gasteiger charge is 2.39. The molecule has 1 heterocycles. The highest BCUT2D eigenvalue weighted by molar-refractivity contribution is 5.75. The van der Waals surface area contributed by atoms with E-state index in [0.717, 1.165) is 37.3 Å². The van der Waals surface area contributed by atoms with Gasteiger partial charge in [-0.1, -0.05) is 19.1 Å².